The van der Waals surface area contributed by atoms with Crippen LogP contribution in [-0.2, 0) is 9.59 Å². The van der Waals surface area contributed by atoms with Crippen molar-refractivity contribution in [1.29, 1.82) is 0 Å². The maximum atomic E-state index is 12.2. The molecule has 0 fully saturated rings. The van der Waals surface area contributed by atoms with Gasteiger partial charge in [0.25, 0.3) is 5.91 Å². The molecule has 0 aromatic heterocycles. The van der Waals surface area contributed by atoms with Gasteiger partial charge in [0.1, 0.15) is 6.54 Å². The van der Waals surface area contributed by atoms with Crippen LogP contribution in [0.25, 0.3) is 5.70 Å². The van der Waals surface area contributed by atoms with Crippen LogP contribution in [0.3, 0.4) is 0 Å². The van der Waals surface area contributed by atoms with E-state index in [-0.39, 0.29) is 24.9 Å². The van der Waals surface area contributed by atoms with E-state index in [2.05, 4.69) is 17.2 Å². The van der Waals surface area contributed by atoms with Crippen molar-refractivity contribution >= 4 is 23.4 Å². The molecule has 0 radical (unpaired) electrons. The fourth-order valence-electron chi connectivity index (χ4n) is 2.14. The number of benzene rings is 1. The maximum absolute atomic E-state index is 12.2. The standard InChI is InChI=1S/C15H17N3O3/c1-3-16-13(19)8-17-14(20)9-18-10(2)11-6-4-5-7-12(11)15(18)21/h4-7H,2-3,8-9H2,1H3,(H,16,19)(H,17,20). The monoisotopic (exact) mass is 287 g/mol. The van der Waals surface area contributed by atoms with Crippen molar-refractivity contribution in [1.82, 2.24) is 15.5 Å². The lowest BCUT2D eigenvalue weighted by atomic mass is 10.1. The number of rotatable bonds is 5. The van der Waals surface area contributed by atoms with Crippen molar-refractivity contribution in [2.75, 3.05) is 19.6 Å². The van der Waals surface area contributed by atoms with Crippen molar-refractivity contribution in [2.45, 2.75) is 6.92 Å². The lowest BCUT2D eigenvalue weighted by molar-refractivity contribution is -0.126. The number of likely N-dealkylation sites (N-methyl/N-ethyl adjacent to an activating group) is 1. The minimum atomic E-state index is -0.399. The number of carbonyl (C=O) groups is 3. The Balaban J connectivity index is 1.96. The van der Waals surface area contributed by atoms with Gasteiger partial charge in [-0.15, -0.1) is 0 Å². The fraction of sp³-hybridized carbons (Fsp3) is 0.267. The SMILES string of the molecule is C=C1c2ccccc2C(=O)N1CC(=O)NCC(=O)NCC. The summed E-state index contributed by atoms with van der Waals surface area (Å²) in [5.74, 6) is -0.909. The molecule has 0 spiro atoms. The number of nitrogens with zero attached hydrogens (tertiary/aromatic N) is 1. The first-order valence-corrected chi connectivity index (χ1v) is 6.68. The van der Waals surface area contributed by atoms with Gasteiger partial charge in [-0.1, -0.05) is 24.8 Å². The summed E-state index contributed by atoms with van der Waals surface area (Å²) in [4.78, 5) is 36.6. The summed E-state index contributed by atoms with van der Waals surface area (Å²) in [6.07, 6.45) is 0. The minimum Gasteiger partial charge on any atom is -0.355 e. The lowest BCUT2D eigenvalue weighted by Crippen LogP contribution is -2.41. The van der Waals surface area contributed by atoms with Gasteiger partial charge < -0.3 is 10.6 Å². The molecule has 110 valence electrons. The summed E-state index contributed by atoms with van der Waals surface area (Å²) in [5.41, 5.74) is 1.78. The van der Waals surface area contributed by atoms with Crippen LogP contribution in [0.15, 0.2) is 30.8 Å². The van der Waals surface area contributed by atoms with Crippen LogP contribution in [0.4, 0.5) is 0 Å². The van der Waals surface area contributed by atoms with E-state index < -0.39 is 5.91 Å². The van der Waals surface area contributed by atoms with Gasteiger partial charge in [-0.25, -0.2) is 0 Å². The van der Waals surface area contributed by atoms with Crippen LogP contribution in [-0.4, -0.2) is 42.3 Å². The summed E-state index contributed by atoms with van der Waals surface area (Å²) in [7, 11) is 0. The van der Waals surface area contributed by atoms with Gasteiger partial charge >= 0.3 is 0 Å². The largest absolute Gasteiger partial charge is 0.355 e. The Morgan fingerprint density at radius 1 is 1.14 bits per heavy atom. The van der Waals surface area contributed by atoms with E-state index in [1.165, 1.54) is 4.90 Å². The first-order valence-electron chi connectivity index (χ1n) is 6.68. The summed E-state index contributed by atoms with van der Waals surface area (Å²) in [6.45, 7) is 5.90. The Bertz CT molecular complexity index is 575. The summed E-state index contributed by atoms with van der Waals surface area (Å²) < 4.78 is 0. The van der Waals surface area contributed by atoms with Crippen LogP contribution in [0.5, 0.6) is 0 Å². The van der Waals surface area contributed by atoms with Gasteiger partial charge in [0.05, 0.1) is 6.54 Å². The van der Waals surface area contributed by atoms with Crippen molar-refractivity contribution in [3.05, 3.63) is 42.0 Å². The molecule has 0 saturated carbocycles. The predicted molar refractivity (Wildman–Crippen MR) is 78.2 cm³/mol. The second kappa shape index (κ2) is 6.21. The minimum absolute atomic E-state index is 0.103. The van der Waals surface area contributed by atoms with Gasteiger partial charge in [0, 0.05) is 23.4 Å². The lowest BCUT2D eigenvalue weighted by Gasteiger charge is -2.16. The molecular weight excluding hydrogens is 270 g/mol. The normalized spacial score (nSPS) is 13.1. The Hall–Kier alpha value is -2.63. The quantitative estimate of drug-likeness (QED) is 0.821. The molecule has 1 aromatic rings. The van der Waals surface area contributed by atoms with Crippen LogP contribution in [0.2, 0.25) is 0 Å². The van der Waals surface area contributed by atoms with Crippen LogP contribution < -0.4 is 10.6 Å². The Kier molecular flexibility index (Phi) is 4.37. The molecule has 1 heterocycles. The van der Waals surface area contributed by atoms with E-state index in [1.54, 1.807) is 25.1 Å². The Labute approximate surface area is 122 Å². The highest BCUT2D eigenvalue weighted by atomic mass is 16.2. The van der Waals surface area contributed by atoms with Crippen molar-refractivity contribution < 1.29 is 14.4 Å². The molecule has 6 nitrogen and oxygen atoms in total. The van der Waals surface area contributed by atoms with E-state index in [0.717, 1.165) is 5.56 Å². The molecule has 0 unspecified atom stereocenters. The van der Waals surface area contributed by atoms with E-state index in [9.17, 15) is 14.4 Å². The van der Waals surface area contributed by atoms with Gasteiger partial charge in [-0.05, 0) is 13.0 Å². The fourth-order valence-corrected chi connectivity index (χ4v) is 2.14. The first-order chi connectivity index (χ1) is 10.0. The van der Waals surface area contributed by atoms with Gasteiger partial charge in [0.15, 0.2) is 0 Å². The zero-order valence-electron chi connectivity index (χ0n) is 11.8. The molecule has 1 aliphatic heterocycles. The van der Waals surface area contributed by atoms with Crippen molar-refractivity contribution in [2.24, 2.45) is 0 Å². The molecule has 3 amide bonds. The summed E-state index contributed by atoms with van der Waals surface area (Å²) in [6, 6.07) is 7.08. The van der Waals surface area contributed by atoms with Crippen LogP contribution in [0, 0.1) is 0 Å². The smallest absolute Gasteiger partial charge is 0.259 e. The molecule has 1 aromatic carbocycles. The molecular formula is C15H17N3O3. The Morgan fingerprint density at radius 3 is 2.43 bits per heavy atom. The maximum Gasteiger partial charge on any atom is 0.259 e. The molecule has 6 heteroatoms. The summed E-state index contributed by atoms with van der Waals surface area (Å²) in [5, 5.41) is 5.05. The second-order valence-corrected chi connectivity index (χ2v) is 4.61. The van der Waals surface area contributed by atoms with Crippen molar-refractivity contribution in [3.8, 4) is 0 Å². The molecule has 21 heavy (non-hydrogen) atoms. The Morgan fingerprint density at radius 2 is 1.81 bits per heavy atom. The van der Waals surface area contributed by atoms with Gasteiger partial charge in [-0.3, -0.25) is 19.3 Å². The number of carbonyl (C=O) groups excluding carboxylic acids is 3. The first kappa shape index (κ1) is 14.8. The zero-order chi connectivity index (χ0) is 15.4. The molecule has 2 N–H and O–H groups in total. The molecule has 0 bridgehead atoms. The molecule has 0 aliphatic carbocycles. The van der Waals surface area contributed by atoms with Gasteiger partial charge in [-0.2, -0.15) is 0 Å². The third kappa shape index (κ3) is 3.10. The molecule has 1 aliphatic rings. The topological polar surface area (TPSA) is 78.5 Å². The van der Waals surface area contributed by atoms with Crippen LogP contribution in [0.1, 0.15) is 22.8 Å². The average molecular weight is 287 g/mol. The molecule has 2 rings (SSSR count). The third-order valence-corrected chi connectivity index (χ3v) is 3.16. The number of fused-ring (bicyclic) bond motifs is 1. The molecule has 0 saturated heterocycles. The highest BCUT2D eigenvalue weighted by Gasteiger charge is 2.31. The average Bonchev–Trinajstić information content (AvgIpc) is 2.71. The highest BCUT2D eigenvalue weighted by molar-refractivity contribution is 6.10. The second-order valence-electron chi connectivity index (χ2n) is 4.61. The van der Waals surface area contributed by atoms with E-state index >= 15 is 0 Å². The van der Waals surface area contributed by atoms with E-state index in [0.29, 0.717) is 17.8 Å². The van der Waals surface area contributed by atoms with E-state index in [4.69, 9.17) is 0 Å². The number of hydrogen-bond donors (Lipinski definition) is 2. The number of nitrogens with one attached hydrogen (secondary N) is 2. The molecule has 0 atom stereocenters. The van der Waals surface area contributed by atoms with Gasteiger partial charge in [0.2, 0.25) is 11.8 Å². The zero-order valence-corrected chi connectivity index (χ0v) is 11.8. The highest BCUT2D eigenvalue weighted by Crippen LogP contribution is 2.30. The number of amides is 3. The third-order valence-electron chi connectivity index (χ3n) is 3.16. The number of hydrogen-bond acceptors (Lipinski definition) is 3. The van der Waals surface area contributed by atoms with Crippen molar-refractivity contribution in [3.63, 3.8) is 0 Å². The van der Waals surface area contributed by atoms with Crippen LogP contribution >= 0.6 is 0 Å². The van der Waals surface area contributed by atoms with E-state index in [1.807, 2.05) is 6.07 Å². The summed E-state index contributed by atoms with van der Waals surface area (Å²) >= 11 is 0. The predicted octanol–water partition coefficient (Wildman–Crippen LogP) is 0.365.